The number of anilines is 1. The average Bonchev–Trinajstić information content (AvgIpc) is 3.37. The molecule has 43 heavy (non-hydrogen) atoms. The fraction of sp³-hybridized carbons (Fsp3) is 0.259. The lowest BCUT2D eigenvalue weighted by Gasteiger charge is -2.35. The molecule has 4 aromatic rings. The number of carboxylic acid groups (broad SMARTS) is 2. The number of alkyl halides is 6. The molecular weight excluding hydrogens is 591 g/mol. The normalized spacial score (nSPS) is 13.9. The molecule has 0 radical (unpaired) electrons. The number of piperazine rings is 1. The summed E-state index contributed by atoms with van der Waals surface area (Å²) < 4.78 is 78.6. The molecule has 1 aliphatic rings. The molecule has 1 aliphatic heterocycles. The molecule has 0 amide bonds. The van der Waals surface area contributed by atoms with Crippen LogP contribution in [0.25, 0.3) is 16.6 Å². The molecule has 2 N–H and O–H groups in total. The van der Waals surface area contributed by atoms with Crippen molar-refractivity contribution in [1.82, 2.24) is 19.5 Å². The molecular formula is C27H24F7N5O4. The maximum absolute atomic E-state index is 13.3. The Labute approximate surface area is 239 Å². The molecule has 0 bridgehead atoms. The van der Waals surface area contributed by atoms with Gasteiger partial charge in [-0.1, -0.05) is 18.2 Å². The van der Waals surface area contributed by atoms with E-state index in [4.69, 9.17) is 19.8 Å². The molecule has 0 unspecified atom stereocenters. The summed E-state index contributed by atoms with van der Waals surface area (Å²) in [5, 5.41) is 18.8. The largest absolute Gasteiger partial charge is 0.490 e. The maximum Gasteiger partial charge on any atom is 0.490 e. The van der Waals surface area contributed by atoms with Gasteiger partial charge in [0.25, 0.3) is 0 Å². The van der Waals surface area contributed by atoms with Crippen LogP contribution >= 0.6 is 0 Å². The van der Waals surface area contributed by atoms with Gasteiger partial charge in [0.05, 0.1) is 17.4 Å². The fourth-order valence-electron chi connectivity index (χ4n) is 3.93. The van der Waals surface area contributed by atoms with Gasteiger partial charge in [0.1, 0.15) is 5.82 Å². The zero-order valence-electron chi connectivity index (χ0n) is 22.1. The van der Waals surface area contributed by atoms with Crippen molar-refractivity contribution in [2.75, 3.05) is 31.1 Å². The van der Waals surface area contributed by atoms with Crippen LogP contribution in [-0.2, 0) is 16.1 Å². The fourth-order valence-corrected chi connectivity index (χ4v) is 3.93. The zero-order valence-corrected chi connectivity index (χ0v) is 22.1. The summed E-state index contributed by atoms with van der Waals surface area (Å²) in [6.07, 6.45) is -2.50. The number of aromatic nitrogens is 3. The molecule has 4 heterocycles. The highest BCUT2D eigenvalue weighted by Gasteiger charge is 2.38. The molecule has 0 saturated carbocycles. The minimum Gasteiger partial charge on any atom is -0.475 e. The Morgan fingerprint density at radius 3 is 1.91 bits per heavy atom. The van der Waals surface area contributed by atoms with Crippen molar-refractivity contribution in [3.63, 3.8) is 0 Å². The lowest BCUT2D eigenvalue weighted by atomic mass is 10.1. The second-order valence-electron chi connectivity index (χ2n) is 9.01. The first-order valence-corrected chi connectivity index (χ1v) is 12.3. The van der Waals surface area contributed by atoms with Crippen LogP contribution in [0, 0.1) is 5.82 Å². The topological polar surface area (TPSA) is 111 Å². The predicted molar refractivity (Wildman–Crippen MR) is 140 cm³/mol. The number of carboxylic acids is 2. The monoisotopic (exact) mass is 615 g/mol. The molecule has 1 aromatic carbocycles. The van der Waals surface area contributed by atoms with Crippen LogP contribution in [0.5, 0.6) is 0 Å². The number of pyridine rings is 2. The van der Waals surface area contributed by atoms with Crippen LogP contribution in [0.4, 0.5) is 36.4 Å². The summed E-state index contributed by atoms with van der Waals surface area (Å²) in [6, 6.07) is 14.9. The van der Waals surface area contributed by atoms with Crippen molar-refractivity contribution in [3.05, 3.63) is 84.7 Å². The van der Waals surface area contributed by atoms with Gasteiger partial charge in [-0.2, -0.15) is 31.4 Å². The third kappa shape index (κ3) is 9.66. The number of nitrogens with zero attached hydrogens (tertiary/aromatic N) is 5. The average molecular weight is 616 g/mol. The molecule has 1 fully saturated rings. The van der Waals surface area contributed by atoms with Crippen molar-refractivity contribution < 1.29 is 50.5 Å². The molecule has 0 aliphatic carbocycles. The van der Waals surface area contributed by atoms with Crippen molar-refractivity contribution >= 4 is 23.1 Å². The molecule has 3 aromatic heterocycles. The van der Waals surface area contributed by atoms with E-state index < -0.39 is 24.3 Å². The van der Waals surface area contributed by atoms with Crippen LogP contribution < -0.4 is 4.90 Å². The summed E-state index contributed by atoms with van der Waals surface area (Å²) >= 11 is 0. The van der Waals surface area contributed by atoms with E-state index in [0.717, 1.165) is 55.1 Å². The van der Waals surface area contributed by atoms with E-state index in [1.54, 1.807) is 0 Å². The second-order valence-corrected chi connectivity index (χ2v) is 9.01. The maximum atomic E-state index is 13.3. The molecule has 9 nitrogen and oxygen atoms in total. The molecule has 1 saturated heterocycles. The number of hydrogen-bond donors (Lipinski definition) is 2. The Morgan fingerprint density at radius 1 is 0.814 bits per heavy atom. The Hall–Kier alpha value is -4.73. The number of rotatable bonds is 4. The number of carbonyl (C=O) groups is 2. The van der Waals surface area contributed by atoms with E-state index in [1.807, 2.05) is 53.6 Å². The van der Waals surface area contributed by atoms with Gasteiger partial charge >= 0.3 is 24.3 Å². The van der Waals surface area contributed by atoms with Crippen LogP contribution in [0.15, 0.2) is 73.3 Å². The Bertz CT molecular complexity index is 1480. The van der Waals surface area contributed by atoms with E-state index in [-0.39, 0.29) is 5.82 Å². The molecule has 0 spiro atoms. The minimum atomic E-state index is -5.08. The van der Waals surface area contributed by atoms with Gasteiger partial charge in [-0.3, -0.25) is 9.88 Å². The predicted octanol–water partition coefficient (Wildman–Crippen LogP) is 5.12. The van der Waals surface area contributed by atoms with Gasteiger partial charge in [0.15, 0.2) is 0 Å². The SMILES string of the molecule is Fc1ccc(-c2ccn3ncc(N4CCN(Cc5cccnc5)CC4)c3c2)cc1.O=C(O)C(F)(F)F.O=C(O)C(F)(F)F. The van der Waals surface area contributed by atoms with Crippen LogP contribution in [0.2, 0.25) is 0 Å². The summed E-state index contributed by atoms with van der Waals surface area (Å²) in [5.41, 5.74) is 5.54. The first-order valence-electron chi connectivity index (χ1n) is 12.3. The Balaban J connectivity index is 0.000000303. The summed E-state index contributed by atoms with van der Waals surface area (Å²) in [4.78, 5) is 26.9. The van der Waals surface area contributed by atoms with Gasteiger partial charge in [-0.25, -0.2) is 18.5 Å². The molecule has 0 atom stereocenters. The lowest BCUT2D eigenvalue weighted by molar-refractivity contribution is -0.193. The lowest BCUT2D eigenvalue weighted by Crippen LogP contribution is -2.45. The smallest absolute Gasteiger partial charge is 0.475 e. The van der Waals surface area contributed by atoms with Crippen molar-refractivity contribution in [1.29, 1.82) is 0 Å². The standard InChI is InChI=1S/C23H22FN5.2C2HF3O2/c24-21-5-3-19(4-6-21)20-7-9-29-22(14-20)23(16-26-29)28-12-10-27(11-13-28)17-18-2-1-8-25-15-18;2*3-2(4,5)1(6)7/h1-9,14-16H,10-13,17H2;2*(H,6,7). The van der Waals surface area contributed by atoms with Gasteiger partial charge in [-0.05, 0) is 47.0 Å². The van der Waals surface area contributed by atoms with E-state index in [1.165, 1.54) is 17.7 Å². The number of aliphatic carboxylic acids is 2. The minimum absolute atomic E-state index is 0.218. The van der Waals surface area contributed by atoms with Crippen LogP contribution in [0.3, 0.4) is 0 Å². The quantitative estimate of drug-likeness (QED) is 0.305. The third-order valence-corrected chi connectivity index (χ3v) is 6.01. The summed E-state index contributed by atoms with van der Waals surface area (Å²) in [7, 11) is 0. The van der Waals surface area contributed by atoms with E-state index in [0.29, 0.717) is 0 Å². The van der Waals surface area contributed by atoms with Gasteiger partial charge < -0.3 is 15.1 Å². The van der Waals surface area contributed by atoms with Gasteiger partial charge in [0, 0.05) is 51.3 Å². The summed E-state index contributed by atoms with van der Waals surface area (Å²) in [6.45, 7) is 4.86. The Kier molecular flexibility index (Phi) is 10.6. The van der Waals surface area contributed by atoms with Gasteiger partial charge in [0.2, 0.25) is 0 Å². The number of fused-ring (bicyclic) bond motifs is 1. The number of halogens is 7. The van der Waals surface area contributed by atoms with Crippen molar-refractivity contribution in [2.45, 2.75) is 18.9 Å². The third-order valence-electron chi connectivity index (χ3n) is 6.01. The highest BCUT2D eigenvalue weighted by atomic mass is 19.4. The van der Waals surface area contributed by atoms with Crippen molar-refractivity contribution in [2.24, 2.45) is 0 Å². The zero-order chi connectivity index (χ0) is 31.8. The highest BCUT2D eigenvalue weighted by molar-refractivity contribution is 5.78. The first kappa shape index (κ1) is 32.8. The molecule has 16 heteroatoms. The highest BCUT2D eigenvalue weighted by Crippen LogP contribution is 2.28. The summed E-state index contributed by atoms with van der Waals surface area (Å²) in [5.74, 6) is -5.73. The van der Waals surface area contributed by atoms with Gasteiger partial charge in [-0.15, -0.1) is 0 Å². The van der Waals surface area contributed by atoms with E-state index in [2.05, 4.69) is 32.0 Å². The van der Waals surface area contributed by atoms with Crippen LogP contribution in [0.1, 0.15) is 5.56 Å². The van der Waals surface area contributed by atoms with E-state index in [9.17, 15) is 30.7 Å². The second kappa shape index (κ2) is 14.0. The molecule has 5 rings (SSSR count). The Morgan fingerprint density at radius 2 is 1.40 bits per heavy atom. The number of benzene rings is 1. The van der Waals surface area contributed by atoms with E-state index >= 15 is 0 Å². The first-order chi connectivity index (χ1) is 20.1. The van der Waals surface area contributed by atoms with Crippen molar-refractivity contribution in [3.8, 4) is 11.1 Å². The number of hydrogen-bond acceptors (Lipinski definition) is 6. The van der Waals surface area contributed by atoms with Crippen LogP contribution in [-0.4, -0.2) is 80.2 Å². The molecule has 230 valence electrons.